The number of ether oxygens (including phenoxy) is 1. The van der Waals surface area contributed by atoms with Crippen molar-refractivity contribution in [2.24, 2.45) is 0 Å². The van der Waals surface area contributed by atoms with Gasteiger partial charge in [0.25, 0.3) is 0 Å². The molecule has 0 spiro atoms. The van der Waals surface area contributed by atoms with Crippen LogP contribution in [0.15, 0.2) is 30.3 Å². The summed E-state index contributed by atoms with van der Waals surface area (Å²) in [4.78, 5) is 2.25. The van der Waals surface area contributed by atoms with Gasteiger partial charge in [-0.15, -0.1) is 0 Å². The summed E-state index contributed by atoms with van der Waals surface area (Å²) in [6.07, 6.45) is 1.32. The van der Waals surface area contributed by atoms with E-state index in [1.54, 1.807) is 0 Å². The number of rotatable bonds is 5. The van der Waals surface area contributed by atoms with Gasteiger partial charge in [-0.1, -0.05) is 0 Å². The number of piperazine rings is 1. The number of nitrogens with one attached hydrogen (secondary N) is 1. The van der Waals surface area contributed by atoms with Crippen LogP contribution >= 0.6 is 0 Å². The molecule has 4 rings (SSSR count). The Kier molecular flexibility index (Phi) is 5.40. The molecule has 2 aliphatic rings. The molecule has 0 aromatic heterocycles. The molecule has 1 aliphatic heterocycles. The molecule has 7 heteroatoms. The molecule has 0 bridgehead atoms. The van der Waals surface area contributed by atoms with Crippen LogP contribution in [0.5, 0.6) is 0 Å². The fourth-order valence-electron chi connectivity index (χ4n) is 4.40. The average molecular weight is 394 g/mol. The Bertz CT molecular complexity index is 849. The molecule has 2 aromatic carbocycles. The van der Waals surface area contributed by atoms with Crippen molar-refractivity contribution in [3.8, 4) is 0 Å². The second kappa shape index (κ2) is 7.81. The fourth-order valence-corrected chi connectivity index (χ4v) is 4.40. The highest BCUT2D eigenvalue weighted by molar-refractivity contribution is 5.40. The van der Waals surface area contributed by atoms with Crippen LogP contribution in [0.25, 0.3) is 0 Å². The third kappa shape index (κ3) is 3.66. The van der Waals surface area contributed by atoms with E-state index < -0.39 is 28.8 Å². The molecule has 1 heterocycles. The molecule has 1 fully saturated rings. The van der Waals surface area contributed by atoms with Crippen LogP contribution in [0.1, 0.15) is 23.1 Å². The van der Waals surface area contributed by atoms with Gasteiger partial charge in [-0.2, -0.15) is 0 Å². The monoisotopic (exact) mass is 394 g/mol. The van der Waals surface area contributed by atoms with Gasteiger partial charge in [0.05, 0.1) is 18.8 Å². The van der Waals surface area contributed by atoms with Crippen molar-refractivity contribution in [1.82, 2.24) is 10.2 Å². The summed E-state index contributed by atoms with van der Waals surface area (Å²) in [5.74, 6) is -3.02. The van der Waals surface area contributed by atoms with E-state index in [0.717, 1.165) is 43.4 Å². The first-order chi connectivity index (χ1) is 13.5. The first-order valence-electron chi connectivity index (χ1n) is 9.45. The van der Waals surface area contributed by atoms with Crippen molar-refractivity contribution in [3.05, 3.63) is 70.3 Å². The number of fused-ring (bicyclic) bond motifs is 1. The van der Waals surface area contributed by atoms with Crippen LogP contribution in [0.2, 0.25) is 0 Å². The predicted molar refractivity (Wildman–Crippen MR) is 96.8 cm³/mol. The van der Waals surface area contributed by atoms with Crippen molar-refractivity contribution in [2.45, 2.75) is 25.0 Å². The third-order valence-corrected chi connectivity index (χ3v) is 5.71. The maximum Gasteiger partial charge on any atom is 0.159 e. The zero-order valence-corrected chi connectivity index (χ0v) is 15.4. The lowest BCUT2D eigenvalue weighted by Crippen LogP contribution is -2.55. The van der Waals surface area contributed by atoms with E-state index in [-0.39, 0.29) is 13.2 Å². The smallest absolute Gasteiger partial charge is 0.159 e. The van der Waals surface area contributed by atoms with Gasteiger partial charge in [0.15, 0.2) is 11.6 Å². The number of halogens is 4. The fraction of sp³-hybridized carbons (Fsp3) is 0.429. The Hall–Kier alpha value is -1.96. The highest BCUT2D eigenvalue weighted by atomic mass is 19.2. The molecule has 0 saturated carbocycles. The molecular formula is C21H22F4N2O. The second-order valence-corrected chi connectivity index (χ2v) is 7.46. The molecule has 1 N–H and O–H groups in total. The lowest BCUT2D eigenvalue weighted by molar-refractivity contribution is -0.0242. The number of hydrogen-bond donors (Lipinski definition) is 1. The highest BCUT2D eigenvalue weighted by Crippen LogP contribution is 2.43. The standard InChI is InChI=1S/C21H22F4N2O/c22-16-7-14(8-17(23)10-16)12-28-13-21(27-5-3-26-4-6-27)2-1-15-9-19(24)20(25)11-18(15)21/h7-11,26H,1-6,12-13H2. The first-order valence-corrected chi connectivity index (χ1v) is 9.45. The molecule has 2 aromatic rings. The van der Waals surface area contributed by atoms with Crippen molar-refractivity contribution in [3.63, 3.8) is 0 Å². The summed E-state index contributed by atoms with van der Waals surface area (Å²) in [6.45, 7) is 3.41. The van der Waals surface area contributed by atoms with E-state index in [1.165, 1.54) is 24.3 Å². The van der Waals surface area contributed by atoms with Crippen molar-refractivity contribution in [2.75, 3.05) is 32.8 Å². The SMILES string of the molecule is Fc1cc(F)cc(COCC2(N3CCNCC3)CCc3cc(F)c(F)cc32)c1. The largest absolute Gasteiger partial charge is 0.374 e. The highest BCUT2D eigenvalue weighted by Gasteiger charge is 2.45. The molecular weight excluding hydrogens is 372 g/mol. The minimum Gasteiger partial charge on any atom is -0.374 e. The van der Waals surface area contributed by atoms with Crippen molar-refractivity contribution < 1.29 is 22.3 Å². The topological polar surface area (TPSA) is 24.5 Å². The second-order valence-electron chi connectivity index (χ2n) is 7.46. The van der Waals surface area contributed by atoms with E-state index in [9.17, 15) is 17.6 Å². The van der Waals surface area contributed by atoms with Crippen LogP contribution in [0, 0.1) is 23.3 Å². The number of benzene rings is 2. The molecule has 1 aliphatic carbocycles. The normalized spacial score (nSPS) is 22.4. The van der Waals surface area contributed by atoms with Crippen LogP contribution < -0.4 is 5.32 Å². The zero-order chi connectivity index (χ0) is 19.7. The van der Waals surface area contributed by atoms with E-state index >= 15 is 0 Å². The molecule has 150 valence electrons. The number of nitrogens with zero attached hydrogens (tertiary/aromatic N) is 1. The Morgan fingerprint density at radius 3 is 2.32 bits per heavy atom. The van der Waals surface area contributed by atoms with Crippen LogP contribution in [0.4, 0.5) is 17.6 Å². The van der Waals surface area contributed by atoms with Gasteiger partial charge in [0.1, 0.15) is 11.6 Å². The molecule has 3 nitrogen and oxygen atoms in total. The Morgan fingerprint density at radius 2 is 1.61 bits per heavy atom. The van der Waals surface area contributed by atoms with Crippen LogP contribution in [0.3, 0.4) is 0 Å². The van der Waals surface area contributed by atoms with Crippen molar-refractivity contribution >= 4 is 0 Å². The molecule has 1 unspecified atom stereocenters. The zero-order valence-electron chi connectivity index (χ0n) is 15.4. The molecule has 1 saturated heterocycles. The molecule has 0 radical (unpaired) electrons. The van der Waals surface area contributed by atoms with E-state index in [4.69, 9.17) is 4.74 Å². The maximum atomic E-state index is 14.0. The van der Waals surface area contributed by atoms with Crippen LogP contribution in [-0.4, -0.2) is 37.7 Å². The van der Waals surface area contributed by atoms with Gasteiger partial charge >= 0.3 is 0 Å². The lowest BCUT2D eigenvalue weighted by atomic mass is 9.89. The Labute approximate surface area is 161 Å². The van der Waals surface area contributed by atoms with Crippen molar-refractivity contribution in [1.29, 1.82) is 0 Å². The summed E-state index contributed by atoms with van der Waals surface area (Å²) in [6, 6.07) is 5.84. The number of hydrogen-bond acceptors (Lipinski definition) is 3. The quantitative estimate of drug-likeness (QED) is 0.786. The predicted octanol–water partition coefficient (Wildman–Crippen LogP) is 3.51. The summed E-state index contributed by atoms with van der Waals surface area (Å²) in [5, 5.41) is 3.29. The van der Waals surface area contributed by atoms with E-state index in [1.807, 2.05) is 0 Å². The summed E-state index contributed by atoms with van der Waals surface area (Å²) >= 11 is 0. The van der Waals surface area contributed by atoms with Crippen LogP contribution in [-0.2, 0) is 23.3 Å². The average Bonchev–Trinajstić information content (AvgIpc) is 3.01. The minimum atomic E-state index is -0.868. The van der Waals surface area contributed by atoms with Gasteiger partial charge in [-0.05, 0) is 53.8 Å². The van der Waals surface area contributed by atoms with Gasteiger partial charge in [-0.25, -0.2) is 17.6 Å². The lowest BCUT2D eigenvalue weighted by Gasteiger charge is -2.44. The van der Waals surface area contributed by atoms with Gasteiger partial charge < -0.3 is 10.1 Å². The molecule has 28 heavy (non-hydrogen) atoms. The third-order valence-electron chi connectivity index (χ3n) is 5.71. The van der Waals surface area contributed by atoms with E-state index in [0.29, 0.717) is 18.4 Å². The van der Waals surface area contributed by atoms with E-state index in [2.05, 4.69) is 10.2 Å². The Balaban J connectivity index is 1.60. The minimum absolute atomic E-state index is 0.0432. The summed E-state index contributed by atoms with van der Waals surface area (Å²) in [5.41, 5.74) is 1.37. The summed E-state index contributed by atoms with van der Waals surface area (Å²) < 4.78 is 60.5. The number of aryl methyl sites for hydroxylation is 1. The molecule has 0 amide bonds. The summed E-state index contributed by atoms with van der Waals surface area (Å²) in [7, 11) is 0. The molecule has 1 atom stereocenters. The van der Waals surface area contributed by atoms with Gasteiger partial charge in [0.2, 0.25) is 0 Å². The maximum absolute atomic E-state index is 14.0. The van der Waals surface area contributed by atoms with Gasteiger partial charge in [-0.3, -0.25) is 4.90 Å². The van der Waals surface area contributed by atoms with Gasteiger partial charge in [0, 0.05) is 32.2 Å². The Morgan fingerprint density at radius 1 is 0.929 bits per heavy atom. The first kappa shape index (κ1) is 19.4.